The van der Waals surface area contributed by atoms with Crippen LogP contribution in [0.15, 0.2) is 46.9 Å². The van der Waals surface area contributed by atoms with E-state index in [1.165, 1.54) is 5.56 Å². The van der Waals surface area contributed by atoms with Crippen LogP contribution in [0.25, 0.3) is 0 Å². The first-order chi connectivity index (χ1) is 12.7. The molecule has 26 heavy (non-hydrogen) atoms. The number of methoxy groups -OCH3 is 2. The molecule has 0 radical (unpaired) electrons. The van der Waals surface area contributed by atoms with Crippen LogP contribution < -0.4 is 14.8 Å². The quantitative estimate of drug-likeness (QED) is 0.701. The number of tetrazole rings is 1. The zero-order chi connectivity index (χ0) is 18.1. The molecular formula is C18H18BrN5O2. The lowest BCUT2D eigenvalue weighted by Crippen LogP contribution is -2.28. The Morgan fingerprint density at radius 3 is 2.69 bits per heavy atom. The van der Waals surface area contributed by atoms with E-state index >= 15 is 0 Å². The maximum absolute atomic E-state index is 5.46. The molecule has 1 aromatic heterocycles. The molecule has 8 heteroatoms. The van der Waals surface area contributed by atoms with Crippen LogP contribution in [-0.2, 0) is 0 Å². The number of ether oxygens (including phenoxy) is 2. The Balaban J connectivity index is 1.74. The van der Waals surface area contributed by atoms with Crippen molar-refractivity contribution in [2.24, 2.45) is 0 Å². The number of rotatable bonds is 4. The average Bonchev–Trinajstić information content (AvgIpc) is 3.15. The number of nitrogens with zero attached hydrogens (tertiary/aromatic N) is 4. The summed E-state index contributed by atoms with van der Waals surface area (Å²) in [6.07, 6.45) is 0.810. The number of hydrogen-bond donors (Lipinski definition) is 1. The van der Waals surface area contributed by atoms with Gasteiger partial charge in [0.2, 0.25) is 5.95 Å². The molecule has 4 rings (SSSR count). The van der Waals surface area contributed by atoms with Gasteiger partial charge in [0.15, 0.2) is 11.5 Å². The molecule has 0 aliphatic carbocycles. The van der Waals surface area contributed by atoms with Crippen molar-refractivity contribution < 1.29 is 9.47 Å². The van der Waals surface area contributed by atoms with E-state index in [-0.39, 0.29) is 12.1 Å². The lowest BCUT2D eigenvalue weighted by molar-refractivity contribution is 0.352. The van der Waals surface area contributed by atoms with Crippen LogP contribution >= 0.6 is 15.9 Å². The lowest BCUT2D eigenvalue weighted by atomic mass is 9.93. The second-order valence-electron chi connectivity index (χ2n) is 6.06. The second-order valence-corrected chi connectivity index (χ2v) is 6.98. The molecule has 0 saturated carbocycles. The second kappa shape index (κ2) is 6.95. The van der Waals surface area contributed by atoms with Crippen LogP contribution in [-0.4, -0.2) is 34.4 Å². The van der Waals surface area contributed by atoms with Crippen LogP contribution in [0.2, 0.25) is 0 Å². The highest BCUT2D eigenvalue weighted by Crippen LogP contribution is 2.39. The molecule has 2 heterocycles. The topological polar surface area (TPSA) is 74.1 Å². The van der Waals surface area contributed by atoms with Crippen LogP contribution in [0, 0.1) is 0 Å². The van der Waals surface area contributed by atoms with Gasteiger partial charge in [0.05, 0.1) is 26.3 Å². The summed E-state index contributed by atoms with van der Waals surface area (Å²) in [6, 6.07) is 14.3. The van der Waals surface area contributed by atoms with Gasteiger partial charge in [-0.15, -0.1) is 0 Å². The van der Waals surface area contributed by atoms with Gasteiger partial charge in [0.25, 0.3) is 0 Å². The van der Waals surface area contributed by atoms with Gasteiger partial charge in [-0.1, -0.05) is 39.2 Å². The first kappa shape index (κ1) is 16.8. The molecule has 3 aromatic rings. The predicted octanol–water partition coefficient (Wildman–Crippen LogP) is 3.60. The van der Waals surface area contributed by atoms with Crippen molar-refractivity contribution in [3.63, 3.8) is 0 Å². The molecule has 0 spiro atoms. The Morgan fingerprint density at radius 2 is 1.92 bits per heavy atom. The van der Waals surface area contributed by atoms with Crippen molar-refractivity contribution in [1.82, 2.24) is 20.2 Å². The molecule has 0 amide bonds. The van der Waals surface area contributed by atoms with Gasteiger partial charge < -0.3 is 14.8 Å². The molecule has 134 valence electrons. The summed E-state index contributed by atoms with van der Waals surface area (Å²) in [5.41, 5.74) is 2.25. The number of hydrogen-bond acceptors (Lipinski definition) is 6. The predicted molar refractivity (Wildman–Crippen MR) is 101 cm³/mol. The molecule has 0 fully saturated rings. The summed E-state index contributed by atoms with van der Waals surface area (Å²) >= 11 is 3.54. The lowest BCUT2D eigenvalue weighted by Gasteiger charge is -2.31. The fraction of sp³-hybridized carbons (Fsp3) is 0.278. The maximum Gasteiger partial charge on any atom is 0.243 e. The van der Waals surface area contributed by atoms with Crippen molar-refractivity contribution in [3.8, 4) is 11.5 Å². The molecular weight excluding hydrogens is 398 g/mol. The van der Waals surface area contributed by atoms with E-state index in [1.807, 2.05) is 35.0 Å². The fourth-order valence-corrected chi connectivity index (χ4v) is 3.73. The van der Waals surface area contributed by atoms with E-state index in [4.69, 9.17) is 9.47 Å². The fourth-order valence-electron chi connectivity index (χ4n) is 3.32. The number of nitrogens with one attached hydrogen (secondary N) is 1. The van der Waals surface area contributed by atoms with Gasteiger partial charge in [0.1, 0.15) is 0 Å². The summed E-state index contributed by atoms with van der Waals surface area (Å²) in [4.78, 5) is 0. The Hall–Kier alpha value is -2.61. The van der Waals surface area contributed by atoms with E-state index < -0.39 is 0 Å². The van der Waals surface area contributed by atoms with Gasteiger partial charge in [-0.05, 0) is 52.2 Å². The number of halogens is 1. The normalized spacial score (nSPS) is 18.7. The average molecular weight is 416 g/mol. The maximum atomic E-state index is 5.46. The molecule has 1 aliphatic rings. The van der Waals surface area contributed by atoms with Crippen molar-refractivity contribution in [2.75, 3.05) is 19.5 Å². The van der Waals surface area contributed by atoms with E-state index in [0.717, 1.165) is 16.5 Å². The van der Waals surface area contributed by atoms with Crippen LogP contribution in [0.1, 0.15) is 29.6 Å². The SMILES string of the molecule is COc1ccc([C@@H]2C[C@H](c3cccc(Br)c3)Nc3nnnn32)cc1OC. The van der Waals surface area contributed by atoms with Crippen molar-refractivity contribution in [1.29, 1.82) is 0 Å². The summed E-state index contributed by atoms with van der Waals surface area (Å²) < 4.78 is 13.7. The first-order valence-corrected chi connectivity index (χ1v) is 9.00. The van der Waals surface area contributed by atoms with E-state index in [0.29, 0.717) is 17.4 Å². The molecule has 2 aromatic carbocycles. The molecule has 2 atom stereocenters. The number of aromatic nitrogens is 4. The highest BCUT2D eigenvalue weighted by Gasteiger charge is 2.31. The number of benzene rings is 2. The Morgan fingerprint density at radius 1 is 1.08 bits per heavy atom. The highest BCUT2D eigenvalue weighted by molar-refractivity contribution is 9.10. The molecule has 1 aliphatic heterocycles. The summed E-state index contributed by atoms with van der Waals surface area (Å²) in [6.45, 7) is 0. The van der Waals surface area contributed by atoms with Crippen molar-refractivity contribution in [2.45, 2.75) is 18.5 Å². The first-order valence-electron chi connectivity index (χ1n) is 8.21. The van der Waals surface area contributed by atoms with Crippen LogP contribution in [0.4, 0.5) is 5.95 Å². The molecule has 0 unspecified atom stereocenters. The number of anilines is 1. The summed E-state index contributed by atoms with van der Waals surface area (Å²) in [5, 5.41) is 15.6. The monoisotopic (exact) mass is 415 g/mol. The van der Waals surface area contributed by atoms with E-state index in [1.54, 1.807) is 14.2 Å². The Labute approximate surface area is 159 Å². The molecule has 0 saturated heterocycles. The van der Waals surface area contributed by atoms with Crippen molar-refractivity contribution in [3.05, 3.63) is 58.1 Å². The molecule has 1 N–H and O–H groups in total. The third-order valence-corrected chi connectivity index (χ3v) is 5.09. The zero-order valence-corrected chi connectivity index (χ0v) is 16.0. The van der Waals surface area contributed by atoms with E-state index in [2.05, 4.69) is 48.9 Å². The third kappa shape index (κ3) is 3.01. The standard InChI is InChI=1S/C18H18BrN5O2/c1-25-16-7-6-12(9-17(16)26-2)15-10-14(11-4-3-5-13(19)8-11)20-18-21-22-23-24(15)18/h3-9,14-15H,10H2,1-2H3,(H,20,21,23)/t14-,15+/m1/s1. The smallest absolute Gasteiger partial charge is 0.243 e. The van der Waals surface area contributed by atoms with Crippen molar-refractivity contribution >= 4 is 21.9 Å². The minimum absolute atomic E-state index is 0.00922. The summed E-state index contributed by atoms with van der Waals surface area (Å²) in [7, 11) is 3.27. The van der Waals surface area contributed by atoms with Gasteiger partial charge >= 0.3 is 0 Å². The van der Waals surface area contributed by atoms with E-state index in [9.17, 15) is 0 Å². The third-order valence-electron chi connectivity index (χ3n) is 4.59. The molecule has 7 nitrogen and oxygen atoms in total. The van der Waals surface area contributed by atoms with Gasteiger partial charge in [-0.3, -0.25) is 0 Å². The van der Waals surface area contributed by atoms with Gasteiger partial charge in [-0.25, -0.2) is 4.68 Å². The molecule has 0 bridgehead atoms. The largest absolute Gasteiger partial charge is 0.493 e. The minimum Gasteiger partial charge on any atom is -0.493 e. The zero-order valence-electron chi connectivity index (χ0n) is 14.4. The summed E-state index contributed by atoms with van der Waals surface area (Å²) in [5.74, 6) is 2.05. The minimum atomic E-state index is -0.00922. The van der Waals surface area contributed by atoms with Gasteiger partial charge in [-0.2, -0.15) is 0 Å². The highest BCUT2D eigenvalue weighted by atomic mass is 79.9. The van der Waals surface area contributed by atoms with Gasteiger partial charge in [0, 0.05) is 4.47 Å². The Kier molecular flexibility index (Phi) is 4.50. The van der Waals surface area contributed by atoms with Crippen LogP contribution in [0.5, 0.6) is 11.5 Å². The van der Waals surface area contributed by atoms with Crippen LogP contribution in [0.3, 0.4) is 0 Å². The Bertz CT molecular complexity index is 929. The number of fused-ring (bicyclic) bond motifs is 1.